The van der Waals surface area contributed by atoms with Crippen LogP contribution >= 0.6 is 0 Å². The number of carbonyl (C=O) groups excluding carboxylic acids is 3. The lowest BCUT2D eigenvalue weighted by Gasteiger charge is -2.28. The molecule has 8 heteroatoms. The molecule has 0 saturated carbocycles. The first kappa shape index (κ1) is 20.0. The van der Waals surface area contributed by atoms with E-state index in [0.29, 0.717) is 19.6 Å². The zero-order valence-electron chi connectivity index (χ0n) is 16.2. The summed E-state index contributed by atoms with van der Waals surface area (Å²) in [5.74, 6) is -1.96. The second-order valence-corrected chi connectivity index (χ2v) is 6.53. The molecule has 1 aromatic carbocycles. The minimum Gasteiger partial charge on any atom is -0.466 e. The summed E-state index contributed by atoms with van der Waals surface area (Å²) < 4.78 is 15.0. The molecule has 0 radical (unpaired) electrons. The standard InChI is InChI=1S/C20H24N2O6/c1-4-28-20(25)16-14(18(23)26-2)15(19(24)27-3)17-21(10-11-22(16)17)12-13-8-6-5-7-9-13/h5-9,16-17H,4,10-12H2,1-3H3/t16-,17-/m0/s1. The number of ether oxygens (including phenoxy) is 3. The van der Waals surface area contributed by atoms with Crippen molar-refractivity contribution in [2.75, 3.05) is 33.9 Å². The molecular weight excluding hydrogens is 364 g/mol. The highest BCUT2D eigenvalue weighted by Crippen LogP contribution is 2.38. The third-order valence-electron chi connectivity index (χ3n) is 5.01. The minimum atomic E-state index is -0.993. The van der Waals surface area contributed by atoms with Crippen molar-refractivity contribution in [2.45, 2.75) is 25.7 Å². The number of benzene rings is 1. The highest BCUT2D eigenvalue weighted by atomic mass is 16.5. The molecule has 150 valence electrons. The molecular formula is C20H24N2O6. The number of carbonyl (C=O) groups is 3. The monoisotopic (exact) mass is 388 g/mol. The van der Waals surface area contributed by atoms with E-state index >= 15 is 0 Å². The third kappa shape index (κ3) is 3.53. The zero-order valence-corrected chi connectivity index (χ0v) is 16.2. The van der Waals surface area contributed by atoms with Crippen LogP contribution in [-0.2, 0) is 35.1 Å². The number of hydrogen-bond donors (Lipinski definition) is 0. The maximum Gasteiger partial charge on any atom is 0.337 e. The fourth-order valence-electron chi connectivity index (χ4n) is 3.88. The van der Waals surface area contributed by atoms with Gasteiger partial charge in [0.05, 0.1) is 38.1 Å². The van der Waals surface area contributed by atoms with E-state index in [0.717, 1.165) is 5.56 Å². The highest BCUT2D eigenvalue weighted by Gasteiger charge is 2.55. The Labute approximate surface area is 163 Å². The summed E-state index contributed by atoms with van der Waals surface area (Å²) in [6, 6.07) is 8.80. The number of methoxy groups -OCH3 is 2. The molecule has 0 amide bonds. The van der Waals surface area contributed by atoms with Crippen molar-refractivity contribution in [1.29, 1.82) is 0 Å². The van der Waals surface area contributed by atoms with E-state index in [1.165, 1.54) is 14.2 Å². The Bertz CT molecular complexity index is 791. The van der Waals surface area contributed by atoms with E-state index in [-0.39, 0.29) is 17.8 Å². The molecule has 0 unspecified atom stereocenters. The van der Waals surface area contributed by atoms with Crippen LogP contribution in [0.3, 0.4) is 0 Å². The van der Waals surface area contributed by atoms with Crippen molar-refractivity contribution in [3.63, 3.8) is 0 Å². The van der Waals surface area contributed by atoms with Crippen LogP contribution in [-0.4, -0.2) is 73.8 Å². The van der Waals surface area contributed by atoms with Gasteiger partial charge in [0.2, 0.25) is 0 Å². The lowest BCUT2D eigenvalue weighted by atomic mass is 10.0. The summed E-state index contributed by atoms with van der Waals surface area (Å²) in [5.41, 5.74) is 1.20. The summed E-state index contributed by atoms with van der Waals surface area (Å²) in [6.45, 7) is 3.56. The Morgan fingerprint density at radius 3 is 2.25 bits per heavy atom. The van der Waals surface area contributed by atoms with E-state index in [1.807, 2.05) is 35.2 Å². The summed E-state index contributed by atoms with van der Waals surface area (Å²) in [5, 5.41) is 0. The lowest BCUT2D eigenvalue weighted by Crippen LogP contribution is -2.45. The van der Waals surface area contributed by atoms with Crippen molar-refractivity contribution in [3.8, 4) is 0 Å². The maximum atomic E-state index is 12.7. The number of fused-ring (bicyclic) bond motifs is 1. The molecule has 1 saturated heterocycles. The number of hydrogen-bond acceptors (Lipinski definition) is 8. The first-order chi connectivity index (χ1) is 13.5. The number of rotatable bonds is 6. The summed E-state index contributed by atoms with van der Waals surface area (Å²) in [7, 11) is 2.47. The Kier molecular flexibility index (Phi) is 6.11. The molecule has 2 aliphatic heterocycles. The van der Waals surface area contributed by atoms with E-state index in [2.05, 4.69) is 0 Å². The molecule has 1 fully saturated rings. The van der Waals surface area contributed by atoms with Crippen molar-refractivity contribution in [1.82, 2.24) is 9.80 Å². The predicted molar refractivity (Wildman–Crippen MR) is 98.8 cm³/mol. The van der Waals surface area contributed by atoms with Crippen molar-refractivity contribution >= 4 is 17.9 Å². The van der Waals surface area contributed by atoms with Crippen molar-refractivity contribution in [2.24, 2.45) is 0 Å². The second kappa shape index (κ2) is 8.53. The van der Waals surface area contributed by atoms with Gasteiger partial charge in [-0.25, -0.2) is 14.4 Å². The predicted octanol–water partition coefficient (Wildman–Crippen LogP) is 0.718. The Morgan fingerprint density at radius 2 is 1.64 bits per heavy atom. The molecule has 0 aliphatic carbocycles. The van der Waals surface area contributed by atoms with Gasteiger partial charge in [-0.1, -0.05) is 30.3 Å². The zero-order chi connectivity index (χ0) is 20.3. The third-order valence-corrected chi connectivity index (χ3v) is 5.01. The largest absolute Gasteiger partial charge is 0.466 e. The van der Waals surface area contributed by atoms with Gasteiger partial charge in [-0.3, -0.25) is 9.80 Å². The Hall–Kier alpha value is -2.71. The minimum absolute atomic E-state index is 0.00411. The van der Waals surface area contributed by atoms with Gasteiger partial charge >= 0.3 is 17.9 Å². The second-order valence-electron chi connectivity index (χ2n) is 6.53. The van der Waals surface area contributed by atoms with Crippen LogP contribution in [0.5, 0.6) is 0 Å². The highest BCUT2D eigenvalue weighted by molar-refractivity contribution is 6.07. The quantitative estimate of drug-likeness (QED) is 0.521. The smallest absolute Gasteiger partial charge is 0.337 e. The molecule has 8 nitrogen and oxygen atoms in total. The van der Waals surface area contributed by atoms with Gasteiger partial charge in [-0.2, -0.15) is 0 Å². The fraction of sp³-hybridized carbons (Fsp3) is 0.450. The van der Waals surface area contributed by atoms with E-state index in [9.17, 15) is 14.4 Å². The summed E-state index contributed by atoms with van der Waals surface area (Å²) in [6.07, 6.45) is -0.559. The average molecular weight is 388 g/mol. The average Bonchev–Trinajstić information content (AvgIpc) is 3.26. The SMILES string of the molecule is CCOC(=O)[C@@H]1C(C(=O)OC)=C(C(=O)OC)[C@H]2N(Cc3ccccc3)CCN12. The topological polar surface area (TPSA) is 85.4 Å². The van der Waals surface area contributed by atoms with Gasteiger partial charge in [0, 0.05) is 19.6 Å². The van der Waals surface area contributed by atoms with Crippen LogP contribution in [0, 0.1) is 0 Å². The molecule has 0 N–H and O–H groups in total. The van der Waals surface area contributed by atoms with Crippen molar-refractivity contribution in [3.05, 3.63) is 47.0 Å². The van der Waals surface area contributed by atoms with Crippen LogP contribution in [0.4, 0.5) is 0 Å². The molecule has 0 spiro atoms. The van der Waals surface area contributed by atoms with E-state index in [1.54, 1.807) is 11.8 Å². The van der Waals surface area contributed by atoms with Crippen LogP contribution < -0.4 is 0 Å². The molecule has 2 aliphatic rings. The Morgan fingerprint density at radius 1 is 1.00 bits per heavy atom. The molecule has 3 rings (SSSR count). The van der Waals surface area contributed by atoms with Crippen molar-refractivity contribution < 1.29 is 28.6 Å². The first-order valence-electron chi connectivity index (χ1n) is 9.14. The molecule has 2 heterocycles. The van der Waals surface area contributed by atoms with Crippen LogP contribution in [0.15, 0.2) is 41.5 Å². The number of nitrogens with zero attached hydrogens (tertiary/aromatic N) is 2. The summed E-state index contributed by atoms with van der Waals surface area (Å²) in [4.78, 5) is 41.7. The molecule has 0 bridgehead atoms. The Balaban J connectivity index is 2.04. The van der Waals surface area contributed by atoms with Gasteiger partial charge in [-0.15, -0.1) is 0 Å². The fourth-order valence-corrected chi connectivity index (χ4v) is 3.88. The van der Waals surface area contributed by atoms with Gasteiger partial charge in [0.1, 0.15) is 6.04 Å². The van der Waals surface area contributed by atoms with Crippen LogP contribution in [0.2, 0.25) is 0 Å². The van der Waals surface area contributed by atoms with Gasteiger partial charge < -0.3 is 14.2 Å². The van der Waals surface area contributed by atoms with Gasteiger partial charge in [-0.05, 0) is 12.5 Å². The first-order valence-corrected chi connectivity index (χ1v) is 9.14. The number of esters is 3. The molecule has 28 heavy (non-hydrogen) atoms. The summed E-state index contributed by atoms with van der Waals surface area (Å²) >= 11 is 0. The van der Waals surface area contributed by atoms with Crippen LogP contribution in [0.1, 0.15) is 12.5 Å². The van der Waals surface area contributed by atoms with E-state index < -0.39 is 30.1 Å². The molecule has 1 aromatic rings. The van der Waals surface area contributed by atoms with Gasteiger partial charge in [0.25, 0.3) is 0 Å². The van der Waals surface area contributed by atoms with Crippen LogP contribution in [0.25, 0.3) is 0 Å². The van der Waals surface area contributed by atoms with Gasteiger partial charge in [0.15, 0.2) is 0 Å². The lowest BCUT2D eigenvalue weighted by molar-refractivity contribution is -0.150. The normalized spacial score (nSPS) is 22.1. The van der Waals surface area contributed by atoms with E-state index in [4.69, 9.17) is 14.2 Å². The maximum absolute atomic E-state index is 12.7. The molecule has 2 atom stereocenters. The molecule has 0 aromatic heterocycles.